The molecule has 1 saturated heterocycles. The zero-order chi connectivity index (χ0) is 20.2. The number of nitrogens with zero attached hydrogens (tertiary/aromatic N) is 3. The monoisotopic (exact) mass is 391 g/mol. The van der Waals surface area contributed by atoms with E-state index < -0.39 is 0 Å². The Balaban J connectivity index is 1.72. The van der Waals surface area contributed by atoms with E-state index in [-0.39, 0.29) is 5.91 Å². The predicted molar refractivity (Wildman–Crippen MR) is 112 cm³/mol. The minimum Gasteiger partial charge on any atom is -0.493 e. The van der Waals surface area contributed by atoms with Gasteiger partial charge >= 0.3 is 0 Å². The van der Waals surface area contributed by atoms with E-state index in [1.165, 1.54) is 0 Å². The quantitative estimate of drug-likeness (QED) is 0.375. The summed E-state index contributed by atoms with van der Waals surface area (Å²) in [6, 6.07) is 7.83. The molecule has 2 N–H and O–H groups in total. The molecular formula is C20H33N5O3. The lowest BCUT2D eigenvalue weighted by molar-refractivity contribution is -0.130. The first-order valence-corrected chi connectivity index (χ1v) is 9.79. The summed E-state index contributed by atoms with van der Waals surface area (Å²) in [5.41, 5.74) is 0.924. The van der Waals surface area contributed by atoms with Crippen LogP contribution >= 0.6 is 0 Å². The lowest BCUT2D eigenvalue weighted by Gasteiger charge is -2.34. The fourth-order valence-corrected chi connectivity index (χ4v) is 2.99. The van der Waals surface area contributed by atoms with Crippen molar-refractivity contribution in [2.24, 2.45) is 4.99 Å². The molecule has 0 aromatic heterocycles. The highest BCUT2D eigenvalue weighted by Gasteiger charge is 2.17. The lowest BCUT2D eigenvalue weighted by atomic mass is 10.3. The molecule has 0 saturated carbocycles. The molecule has 1 heterocycles. The third-order valence-electron chi connectivity index (χ3n) is 4.62. The zero-order valence-corrected chi connectivity index (χ0v) is 17.2. The van der Waals surface area contributed by atoms with Crippen molar-refractivity contribution in [2.45, 2.75) is 13.3 Å². The van der Waals surface area contributed by atoms with Crippen LogP contribution in [-0.4, -0.2) is 88.3 Å². The van der Waals surface area contributed by atoms with Gasteiger partial charge in [-0.3, -0.25) is 14.7 Å². The standard InChI is InChI=1S/C20H33N5O3/c1-17(26)25-12-10-24(11-13-25)9-8-22-20(21-2)23-18-6-4-7-19(16-18)28-15-5-14-27-3/h4,6-7,16H,5,8-15H2,1-3H3,(H2,21,22,23). The molecule has 2 rings (SSSR count). The van der Waals surface area contributed by atoms with Gasteiger partial charge in [0.15, 0.2) is 5.96 Å². The topological polar surface area (TPSA) is 78.4 Å². The van der Waals surface area contributed by atoms with Gasteiger partial charge in [0.2, 0.25) is 5.91 Å². The van der Waals surface area contributed by atoms with E-state index in [0.717, 1.165) is 63.1 Å². The van der Waals surface area contributed by atoms with Gasteiger partial charge in [-0.15, -0.1) is 0 Å². The molecule has 0 aliphatic carbocycles. The minimum absolute atomic E-state index is 0.160. The largest absolute Gasteiger partial charge is 0.493 e. The molecule has 0 bridgehead atoms. The molecule has 1 aliphatic heterocycles. The second-order valence-corrected chi connectivity index (χ2v) is 6.69. The Labute approximate surface area is 167 Å². The van der Waals surface area contributed by atoms with E-state index in [9.17, 15) is 4.79 Å². The van der Waals surface area contributed by atoms with E-state index in [4.69, 9.17) is 9.47 Å². The van der Waals surface area contributed by atoms with Crippen molar-refractivity contribution in [2.75, 3.05) is 72.0 Å². The highest BCUT2D eigenvalue weighted by Crippen LogP contribution is 2.17. The molecule has 1 fully saturated rings. The van der Waals surface area contributed by atoms with Gasteiger partial charge in [0.1, 0.15) is 5.75 Å². The molecule has 1 aliphatic rings. The minimum atomic E-state index is 0.160. The van der Waals surface area contributed by atoms with Crippen molar-refractivity contribution < 1.29 is 14.3 Å². The first kappa shape index (κ1) is 22.0. The Hall–Kier alpha value is -2.32. The van der Waals surface area contributed by atoms with Gasteiger partial charge in [0.25, 0.3) is 0 Å². The molecule has 8 nitrogen and oxygen atoms in total. The number of amides is 1. The number of methoxy groups -OCH3 is 1. The Morgan fingerprint density at radius 2 is 2.00 bits per heavy atom. The predicted octanol–water partition coefficient (Wildman–Crippen LogP) is 1.25. The molecule has 1 aromatic carbocycles. The maximum atomic E-state index is 11.4. The maximum absolute atomic E-state index is 11.4. The Morgan fingerprint density at radius 3 is 2.68 bits per heavy atom. The summed E-state index contributed by atoms with van der Waals surface area (Å²) in [5.74, 6) is 1.70. The summed E-state index contributed by atoms with van der Waals surface area (Å²) in [6.45, 7) is 8.08. The summed E-state index contributed by atoms with van der Waals surface area (Å²) in [7, 11) is 3.45. The van der Waals surface area contributed by atoms with Crippen molar-refractivity contribution in [1.29, 1.82) is 0 Å². The zero-order valence-electron chi connectivity index (χ0n) is 17.2. The summed E-state index contributed by atoms with van der Waals surface area (Å²) < 4.78 is 10.8. The fourth-order valence-electron chi connectivity index (χ4n) is 2.99. The van der Waals surface area contributed by atoms with Gasteiger partial charge in [-0.25, -0.2) is 0 Å². The number of carbonyl (C=O) groups is 1. The Bertz CT molecular complexity index is 630. The highest BCUT2D eigenvalue weighted by molar-refractivity contribution is 5.93. The first-order chi connectivity index (χ1) is 13.6. The van der Waals surface area contributed by atoms with Crippen LogP contribution in [0.4, 0.5) is 5.69 Å². The maximum Gasteiger partial charge on any atom is 0.219 e. The van der Waals surface area contributed by atoms with Crippen LogP contribution in [0.25, 0.3) is 0 Å². The van der Waals surface area contributed by atoms with Crippen LogP contribution in [-0.2, 0) is 9.53 Å². The van der Waals surface area contributed by atoms with Crippen LogP contribution in [0, 0.1) is 0 Å². The molecule has 1 amide bonds. The van der Waals surface area contributed by atoms with E-state index in [1.54, 1.807) is 21.1 Å². The first-order valence-electron chi connectivity index (χ1n) is 9.79. The van der Waals surface area contributed by atoms with E-state index in [0.29, 0.717) is 13.2 Å². The normalized spacial score (nSPS) is 15.4. The van der Waals surface area contributed by atoms with Crippen LogP contribution in [0.3, 0.4) is 0 Å². The van der Waals surface area contributed by atoms with Gasteiger partial charge in [-0.2, -0.15) is 0 Å². The van der Waals surface area contributed by atoms with Crippen LogP contribution < -0.4 is 15.4 Å². The SMILES string of the molecule is CN=C(NCCN1CCN(C(C)=O)CC1)Nc1cccc(OCCCOC)c1. The molecule has 0 unspecified atom stereocenters. The average molecular weight is 392 g/mol. The molecule has 0 atom stereocenters. The van der Waals surface area contributed by atoms with Gasteiger partial charge in [-0.05, 0) is 12.1 Å². The summed E-state index contributed by atoms with van der Waals surface area (Å²) >= 11 is 0. The van der Waals surface area contributed by atoms with Crippen LogP contribution in [0.5, 0.6) is 5.75 Å². The van der Waals surface area contributed by atoms with Gasteiger partial charge in [-0.1, -0.05) is 6.07 Å². The van der Waals surface area contributed by atoms with Crippen molar-refractivity contribution in [1.82, 2.24) is 15.1 Å². The smallest absolute Gasteiger partial charge is 0.219 e. The molecule has 0 spiro atoms. The van der Waals surface area contributed by atoms with Crippen LogP contribution in [0.15, 0.2) is 29.3 Å². The number of carbonyl (C=O) groups excluding carboxylic acids is 1. The second kappa shape index (κ2) is 12.2. The number of rotatable bonds is 9. The van der Waals surface area contributed by atoms with Crippen LogP contribution in [0.2, 0.25) is 0 Å². The Morgan fingerprint density at radius 1 is 1.21 bits per heavy atom. The summed E-state index contributed by atoms with van der Waals surface area (Å²) in [4.78, 5) is 19.9. The van der Waals surface area contributed by atoms with Gasteiger partial charge < -0.3 is 25.0 Å². The van der Waals surface area contributed by atoms with Crippen molar-refractivity contribution in [3.63, 3.8) is 0 Å². The van der Waals surface area contributed by atoms with Crippen molar-refractivity contribution >= 4 is 17.6 Å². The molecule has 0 radical (unpaired) electrons. The third kappa shape index (κ3) is 7.74. The number of nitrogens with one attached hydrogen (secondary N) is 2. The van der Waals surface area contributed by atoms with Crippen LogP contribution in [0.1, 0.15) is 13.3 Å². The molecule has 1 aromatic rings. The number of ether oxygens (including phenoxy) is 2. The van der Waals surface area contributed by atoms with Crippen molar-refractivity contribution in [3.05, 3.63) is 24.3 Å². The number of hydrogen-bond donors (Lipinski definition) is 2. The Kier molecular flexibility index (Phi) is 9.57. The van der Waals surface area contributed by atoms with E-state index >= 15 is 0 Å². The molecule has 8 heteroatoms. The van der Waals surface area contributed by atoms with E-state index in [2.05, 4.69) is 20.5 Å². The number of anilines is 1. The molecule has 156 valence electrons. The molecule has 28 heavy (non-hydrogen) atoms. The third-order valence-corrected chi connectivity index (χ3v) is 4.62. The molecular weight excluding hydrogens is 358 g/mol. The highest BCUT2D eigenvalue weighted by atomic mass is 16.5. The van der Waals surface area contributed by atoms with Gasteiger partial charge in [0, 0.05) is 85.1 Å². The van der Waals surface area contributed by atoms with E-state index in [1.807, 2.05) is 29.2 Å². The van der Waals surface area contributed by atoms with Crippen molar-refractivity contribution in [3.8, 4) is 5.75 Å². The number of hydrogen-bond acceptors (Lipinski definition) is 5. The lowest BCUT2D eigenvalue weighted by Crippen LogP contribution is -2.50. The summed E-state index contributed by atoms with van der Waals surface area (Å²) in [6.07, 6.45) is 0.859. The summed E-state index contributed by atoms with van der Waals surface area (Å²) in [5, 5.41) is 6.63. The number of guanidine groups is 1. The second-order valence-electron chi connectivity index (χ2n) is 6.69. The fraction of sp³-hybridized carbons (Fsp3) is 0.600. The number of aliphatic imine (C=N–C) groups is 1. The number of benzene rings is 1. The average Bonchev–Trinajstić information content (AvgIpc) is 2.71. The van der Waals surface area contributed by atoms with Gasteiger partial charge in [0.05, 0.1) is 6.61 Å². The number of piperazine rings is 1.